The molecule has 0 radical (unpaired) electrons. The Hall–Kier alpha value is -2.00. The lowest BCUT2D eigenvalue weighted by Crippen LogP contribution is -2.27. The first kappa shape index (κ1) is 13.6. The largest absolute Gasteiger partial charge is 0.381 e. The van der Waals surface area contributed by atoms with E-state index in [4.69, 9.17) is 9.26 Å². The van der Waals surface area contributed by atoms with Crippen LogP contribution >= 0.6 is 11.3 Å². The third-order valence-electron chi connectivity index (χ3n) is 3.74. The highest BCUT2D eigenvalue weighted by Crippen LogP contribution is 2.25. The average Bonchev–Trinajstić information content (AvgIpc) is 3.25. The number of thiazole rings is 1. The van der Waals surface area contributed by atoms with E-state index in [0.717, 1.165) is 18.7 Å². The molecular weight excluding hydrogens is 306 g/mol. The van der Waals surface area contributed by atoms with E-state index >= 15 is 0 Å². The summed E-state index contributed by atoms with van der Waals surface area (Å²) in [5, 5.41) is 9.41. The summed E-state index contributed by atoms with van der Waals surface area (Å²) in [6, 6.07) is -0.0952. The van der Waals surface area contributed by atoms with Crippen molar-refractivity contribution in [3.8, 4) is 0 Å². The van der Waals surface area contributed by atoms with Crippen LogP contribution < -0.4 is 10.2 Å². The highest BCUT2D eigenvalue weighted by Gasteiger charge is 2.25. The van der Waals surface area contributed by atoms with Crippen molar-refractivity contribution >= 4 is 22.5 Å². The van der Waals surface area contributed by atoms with Crippen LogP contribution in [0.5, 0.6) is 0 Å². The number of rotatable bonds is 4. The molecule has 4 heterocycles. The molecule has 2 fully saturated rings. The first-order valence-electron chi connectivity index (χ1n) is 7.19. The molecule has 2 amide bonds. The summed E-state index contributed by atoms with van der Waals surface area (Å²) in [7, 11) is 0. The summed E-state index contributed by atoms with van der Waals surface area (Å²) < 4.78 is 10.6. The molecule has 4 rings (SSSR count). The molecule has 2 aliphatic heterocycles. The lowest BCUT2D eigenvalue weighted by Gasteiger charge is -2.08. The Kier molecular flexibility index (Phi) is 3.51. The summed E-state index contributed by atoms with van der Waals surface area (Å²) >= 11 is 1.45. The quantitative estimate of drug-likeness (QED) is 0.908. The van der Waals surface area contributed by atoms with Crippen LogP contribution in [0.4, 0.5) is 9.93 Å². The zero-order valence-corrected chi connectivity index (χ0v) is 12.6. The number of hydrogen-bond donors (Lipinski definition) is 1. The predicted octanol–water partition coefficient (Wildman–Crippen LogP) is 1.15. The topological polar surface area (TPSA) is 93.4 Å². The van der Waals surface area contributed by atoms with E-state index in [1.165, 1.54) is 11.3 Å². The van der Waals surface area contributed by atoms with Crippen molar-refractivity contribution in [3.63, 3.8) is 0 Å². The van der Waals surface area contributed by atoms with Gasteiger partial charge in [0, 0.05) is 31.0 Å². The van der Waals surface area contributed by atoms with Crippen LogP contribution in [0.1, 0.15) is 29.7 Å². The SMILES string of the molecule is O=C1NCCN1c1nc(Cc2nc([C@@H]3CCOC3)no2)cs1. The average molecular weight is 321 g/mol. The van der Waals surface area contributed by atoms with Crippen LogP contribution in [-0.2, 0) is 11.2 Å². The molecule has 0 unspecified atom stereocenters. The second kappa shape index (κ2) is 5.65. The van der Waals surface area contributed by atoms with Crippen molar-refractivity contribution < 1.29 is 14.1 Å². The fraction of sp³-hybridized carbons (Fsp3) is 0.538. The first-order chi connectivity index (χ1) is 10.8. The molecule has 0 bridgehead atoms. The van der Waals surface area contributed by atoms with Gasteiger partial charge in [0.15, 0.2) is 11.0 Å². The molecule has 0 spiro atoms. The molecule has 8 nitrogen and oxygen atoms in total. The molecule has 22 heavy (non-hydrogen) atoms. The molecular formula is C13H15N5O3S. The summed E-state index contributed by atoms with van der Waals surface area (Å²) in [5.74, 6) is 1.49. The van der Waals surface area contributed by atoms with Gasteiger partial charge in [0.25, 0.3) is 0 Å². The summed E-state index contributed by atoms with van der Waals surface area (Å²) in [6.07, 6.45) is 1.41. The molecule has 116 valence electrons. The number of ether oxygens (including phenoxy) is 1. The Bertz CT molecular complexity index is 679. The first-order valence-corrected chi connectivity index (χ1v) is 8.07. The Morgan fingerprint density at radius 3 is 3.18 bits per heavy atom. The van der Waals surface area contributed by atoms with Gasteiger partial charge in [-0.15, -0.1) is 11.3 Å². The monoisotopic (exact) mass is 321 g/mol. The molecule has 0 aromatic carbocycles. The fourth-order valence-electron chi connectivity index (χ4n) is 2.55. The maximum absolute atomic E-state index is 11.6. The number of nitrogens with zero attached hydrogens (tertiary/aromatic N) is 4. The molecule has 0 aliphatic carbocycles. The van der Waals surface area contributed by atoms with E-state index in [1.54, 1.807) is 4.90 Å². The lowest BCUT2D eigenvalue weighted by molar-refractivity contribution is 0.192. The zero-order chi connectivity index (χ0) is 14.9. The van der Waals surface area contributed by atoms with E-state index in [9.17, 15) is 4.79 Å². The minimum absolute atomic E-state index is 0.0952. The van der Waals surface area contributed by atoms with Gasteiger partial charge >= 0.3 is 6.03 Å². The Morgan fingerprint density at radius 2 is 2.41 bits per heavy atom. The minimum atomic E-state index is -0.0952. The molecule has 0 saturated carbocycles. The van der Waals surface area contributed by atoms with E-state index in [0.29, 0.717) is 43.0 Å². The second-order valence-corrected chi connectivity index (χ2v) is 6.13. The molecule has 2 aromatic heterocycles. The number of nitrogens with one attached hydrogen (secondary N) is 1. The molecule has 9 heteroatoms. The number of carbonyl (C=O) groups excluding carboxylic acids is 1. The number of carbonyl (C=O) groups is 1. The van der Waals surface area contributed by atoms with Crippen LogP contribution in [0.3, 0.4) is 0 Å². The summed E-state index contributed by atoms with van der Waals surface area (Å²) in [6.45, 7) is 2.72. The number of anilines is 1. The van der Waals surface area contributed by atoms with Crippen LogP contribution in [0.2, 0.25) is 0 Å². The van der Waals surface area contributed by atoms with Gasteiger partial charge < -0.3 is 14.6 Å². The fourth-order valence-corrected chi connectivity index (χ4v) is 3.40. The van der Waals surface area contributed by atoms with Crippen molar-refractivity contribution in [1.82, 2.24) is 20.4 Å². The Morgan fingerprint density at radius 1 is 1.45 bits per heavy atom. The Labute approximate surface area is 130 Å². The molecule has 2 saturated heterocycles. The Balaban J connectivity index is 1.45. The zero-order valence-electron chi connectivity index (χ0n) is 11.8. The smallest absolute Gasteiger partial charge is 0.323 e. The maximum Gasteiger partial charge on any atom is 0.323 e. The van der Waals surface area contributed by atoms with Crippen molar-refractivity contribution in [3.05, 3.63) is 22.8 Å². The van der Waals surface area contributed by atoms with Gasteiger partial charge in [-0.05, 0) is 6.42 Å². The van der Waals surface area contributed by atoms with E-state index < -0.39 is 0 Å². The standard InChI is InChI=1S/C13H15N5O3S/c19-12-14-2-3-18(12)13-15-9(7-22-13)5-10-16-11(17-21-10)8-1-4-20-6-8/h7-8H,1-6H2,(H,14,19)/t8-/m1/s1. The van der Waals surface area contributed by atoms with Gasteiger partial charge in [0.1, 0.15) is 0 Å². The van der Waals surface area contributed by atoms with Gasteiger partial charge in [0.2, 0.25) is 5.89 Å². The third-order valence-corrected chi connectivity index (χ3v) is 4.65. The highest BCUT2D eigenvalue weighted by molar-refractivity contribution is 7.14. The predicted molar refractivity (Wildman–Crippen MR) is 78.1 cm³/mol. The number of hydrogen-bond acceptors (Lipinski definition) is 7. The van der Waals surface area contributed by atoms with Gasteiger partial charge in [-0.3, -0.25) is 4.90 Å². The van der Waals surface area contributed by atoms with Gasteiger partial charge in [0.05, 0.1) is 18.7 Å². The van der Waals surface area contributed by atoms with Gasteiger partial charge in [-0.25, -0.2) is 9.78 Å². The molecule has 1 atom stereocenters. The van der Waals surface area contributed by atoms with Crippen LogP contribution in [0.25, 0.3) is 0 Å². The molecule has 2 aliphatic rings. The number of aromatic nitrogens is 3. The van der Waals surface area contributed by atoms with Crippen LogP contribution in [-0.4, -0.2) is 47.5 Å². The van der Waals surface area contributed by atoms with Crippen molar-refractivity contribution in [2.24, 2.45) is 0 Å². The van der Waals surface area contributed by atoms with Gasteiger partial charge in [-0.2, -0.15) is 4.98 Å². The summed E-state index contributed by atoms with van der Waals surface area (Å²) in [4.78, 5) is 22.2. The van der Waals surface area contributed by atoms with Crippen molar-refractivity contribution in [2.45, 2.75) is 18.8 Å². The van der Waals surface area contributed by atoms with E-state index in [-0.39, 0.29) is 11.9 Å². The van der Waals surface area contributed by atoms with Crippen molar-refractivity contribution in [2.75, 3.05) is 31.2 Å². The van der Waals surface area contributed by atoms with Crippen LogP contribution in [0, 0.1) is 0 Å². The van der Waals surface area contributed by atoms with Gasteiger partial charge in [-0.1, -0.05) is 5.16 Å². The van der Waals surface area contributed by atoms with Crippen LogP contribution in [0.15, 0.2) is 9.90 Å². The van der Waals surface area contributed by atoms with E-state index in [1.807, 2.05) is 5.38 Å². The highest BCUT2D eigenvalue weighted by atomic mass is 32.1. The molecule has 1 N–H and O–H groups in total. The normalized spacial score (nSPS) is 21.5. The van der Waals surface area contributed by atoms with E-state index in [2.05, 4.69) is 20.4 Å². The second-order valence-electron chi connectivity index (χ2n) is 5.29. The number of amides is 2. The minimum Gasteiger partial charge on any atom is -0.381 e. The lowest BCUT2D eigenvalue weighted by atomic mass is 10.1. The maximum atomic E-state index is 11.6. The number of urea groups is 1. The third kappa shape index (κ3) is 2.57. The van der Waals surface area contributed by atoms with Crippen molar-refractivity contribution in [1.29, 1.82) is 0 Å². The molecule has 2 aromatic rings. The summed E-state index contributed by atoms with van der Waals surface area (Å²) in [5.41, 5.74) is 0.831.